The van der Waals surface area contributed by atoms with Crippen LogP contribution in [0.25, 0.3) is 11.1 Å². The van der Waals surface area contributed by atoms with E-state index in [4.69, 9.17) is 18.9 Å². The molecule has 3 aliphatic rings. The number of rotatable bonds is 4. The number of benzene rings is 2. The molecule has 7 nitrogen and oxygen atoms in total. The maximum atomic E-state index is 12.1. The van der Waals surface area contributed by atoms with Crippen LogP contribution in [0.1, 0.15) is 76.0 Å². The highest BCUT2D eigenvalue weighted by atomic mass is 16.5. The molecule has 7 heteroatoms. The van der Waals surface area contributed by atoms with E-state index in [0.717, 1.165) is 74.0 Å². The predicted octanol–water partition coefficient (Wildman–Crippen LogP) is 5.63. The van der Waals surface area contributed by atoms with Crippen molar-refractivity contribution in [2.45, 2.75) is 95.5 Å². The lowest BCUT2D eigenvalue weighted by Gasteiger charge is -2.52. The molecule has 2 fully saturated rings. The maximum Gasteiger partial charge on any atom is 0.302 e. The second-order valence-electron chi connectivity index (χ2n) is 10.9. The molecule has 2 aromatic carbocycles. The average molecular weight is 522 g/mol. The molecule has 5 unspecified atom stereocenters. The van der Waals surface area contributed by atoms with Crippen LogP contribution < -0.4 is 9.47 Å². The molecule has 3 aliphatic heterocycles. The molecule has 2 saturated heterocycles. The summed E-state index contributed by atoms with van der Waals surface area (Å²) in [5.41, 5.74) is 4.30. The summed E-state index contributed by atoms with van der Waals surface area (Å²) < 4.78 is 23.3. The zero-order chi connectivity index (χ0) is 26.8. The number of piperidine rings is 2. The van der Waals surface area contributed by atoms with Crippen molar-refractivity contribution < 1.29 is 28.5 Å². The van der Waals surface area contributed by atoms with E-state index in [1.807, 2.05) is 12.1 Å². The Hall–Kier alpha value is -3.06. The first-order chi connectivity index (χ1) is 18.4. The number of carbonyl (C=O) groups excluding carboxylic acids is 2. The van der Waals surface area contributed by atoms with Crippen molar-refractivity contribution in [2.75, 3.05) is 14.2 Å². The summed E-state index contributed by atoms with van der Waals surface area (Å²) in [5, 5.41) is 0. The number of aryl methyl sites for hydroxylation is 1. The summed E-state index contributed by atoms with van der Waals surface area (Å²) >= 11 is 0. The van der Waals surface area contributed by atoms with Gasteiger partial charge in [-0.2, -0.15) is 0 Å². The number of nitrogens with zero attached hydrogens (tertiary/aromatic N) is 1. The molecular weight excluding hydrogens is 482 g/mol. The van der Waals surface area contributed by atoms with Crippen molar-refractivity contribution in [3.63, 3.8) is 0 Å². The SMILES string of the molecule is COc1ccc2cc1-c1cc(ccc1OC)C1CC(OC(C)=O)CC3CCCC(CC(OC(C)=O)CC2)N31. The molecule has 0 radical (unpaired) electrons. The monoisotopic (exact) mass is 521 g/mol. The van der Waals surface area contributed by atoms with Gasteiger partial charge in [-0.15, -0.1) is 0 Å². The first-order valence-electron chi connectivity index (χ1n) is 13.8. The van der Waals surface area contributed by atoms with E-state index in [1.165, 1.54) is 25.0 Å². The summed E-state index contributed by atoms with van der Waals surface area (Å²) in [6.45, 7) is 3.00. The number of esters is 2. The van der Waals surface area contributed by atoms with Gasteiger partial charge in [-0.05, 0) is 67.5 Å². The van der Waals surface area contributed by atoms with Crippen LogP contribution in [0.5, 0.6) is 11.5 Å². The Morgan fingerprint density at radius 2 is 1.37 bits per heavy atom. The molecule has 5 atom stereocenters. The number of carbonyl (C=O) groups is 2. The molecule has 38 heavy (non-hydrogen) atoms. The third-order valence-corrected chi connectivity index (χ3v) is 8.42. The van der Waals surface area contributed by atoms with Crippen molar-refractivity contribution >= 4 is 11.9 Å². The van der Waals surface area contributed by atoms with Crippen molar-refractivity contribution in [1.82, 2.24) is 4.90 Å². The van der Waals surface area contributed by atoms with Crippen LogP contribution in [0, 0.1) is 0 Å². The molecule has 204 valence electrons. The highest BCUT2D eigenvalue weighted by Gasteiger charge is 2.44. The number of hydrogen-bond acceptors (Lipinski definition) is 7. The predicted molar refractivity (Wildman–Crippen MR) is 144 cm³/mol. The van der Waals surface area contributed by atoms with Gasteiger partial charge in [0.05, 0.1) is 14.2 Å². The van der Waals surface area contributed by atoms with Crippen LogP contribution in [0.15, 0.2) is 36.4 Å². The highest BCUT2D eigenvalue weighted by Crippen LogP contribution is 2.46. The fourth-order valence-electron chi connectivity index (χ4n) is 6.94. The van der Waals surface area contributed by atoms with E-state index in [2.05, 4.69) is 29.2 Å². The third kappa shape index (κ3) is 5.53. The summed E-state index contributed by atoms with van der Waals surface area (Å²) in [5.74, 6) is 1.11. The zero-order valence-electron chi connectivity index (χ0n) is 22.9. The quantitative estimate of drug-likeness (QED) is 0.483. The Labute approximate surface area is 225 Å². The Bertz CT molecular complexity index is 1180. The second kappa shape index (κ2) is 11.4. The number of methoxy groups -OCH3 is 2. The largest absolute Gasteiger partial charge is 0.496 e. The maximum absolute atomic E-state index is 12.1. The second-order valence-corrected chi connectivity index (χ2v) is 10.9. The van der Waals surface area contributed by atoms with Gasteiger partial charge < -0.3 is 18.9 Å². The van der Waals surface area contributed by atoms with Crippen molar-refractivity contribution in [2.24, 2.45) is 0 Å². The van der Waals surface area contributed by atoms with E-state index in [0.29, 0.717) is 6.04 Å². The van der Waals surface area contributed by atoms with Gasteiger partial charge >= 0.3 is 11.9 Å². The van der Waals surface area contributed by atoms with E-state index in [1.54, 1.807) is 14.2 Å². The van der Waals surface area contributed by atoms with E-state index in [9.17, 15) is 9.59 Å². The van der Waals surface area contributed by atoms with Crippen LogP contribution in [0.2, 0.25) is 0 Å². The Morgan fingerprint density at radius 3 is 2.03 bits per heavy atom. The molecule has 5 rings (SSSR count). The van der Waals surface area contributed by atoms with Crippen LogP contribution in [-0.2, 0) is 25.5 Å². The van der Waals surface area contributed by atoms with Gasteiger partial charge in [0, 0.05) is 55.9 Å². The van der Waals surface area contributed by atoms with Gasteiger partial charge in [-0.1, -0.05) is 18.6 Å². The minimum atomic E-state index is -0.233. The Kier molecular flexibility index (Phi) is 7.93. The molecule has 4 bridgehead atoms. The molecule has 0 N–H and O–H groups in total. The molecular formula is C31H39NO6. The zero-order valence-corrected chi connectivity index (χ0v) is 22.9. The van der Waals surface area contributed by atoms with Gasteiger partial charge in [0.25, 0.3) is 0 Å². The minimum absolute atomic E-state index is 0.0703. The summed E-state index contributed by atoms with van der Waals surface area (Å²) in [4.78, 5) is 26.7. The number of fused-ring (bicyclic) bond motifs is 6. The Balaban J connectivity index is 1.66. The van der Waals surface area contributed by atoms with Crippen LogP contribution in [0.3, 0.4) is 0 Å². The summed E-state index contributed by atoms with van der Waals surface area (Å²) in [6.07, 6.45) is 6.89. The molecule has 0 amide bonds. The fourth-order valence-corrected chi connectivity index (χ4v) is 6.94. The average Bonchev–Trinajstić information content (AvgIpc) is 2.90. The molecule has 2 aromatic rings. The number of ether oxygens (including phenoxy) is 4. The van der Waals surface area contributed by atoms with Crippen LogP contribution in [0.4, 0.5) is 0 Å². The first kappa shape index (κ1) is 26.5. The van der Waals surface area contributed by atoms with Crippen LogP contribution >= 0.6 is 0 Å². The summed E-state index contributed by atoms with van der Waals surface area (Å²) in [6, 6.07) is 13.3. The lowest BCUT2D eigenvalue weighted by molar-refractivity contribution is -0.154. The lowest BCUT2D eigenvalue weighted by atomic mass is 9.80. The van der Waals surface area contributed by atoms with Crippen molar-refractivity contribution in [3.8, 4) is 22.6 Å². The smallest absolute Gasteiger partial charge is 0.302 e. The molecule has 0 aliphatic carbocycles. The molecule has 0 aromatic heterocycles. The van der Waals surface area contributed by atoms with Crippen LogP contribution in [-0.4, -0.2) is 55.3 Å². The van der Waals surface area contributed by atoms with Gasteiger partial charge in [0.2, 0.25) is 0 Å². The summed E-state index contributed by atoms with van der Waals surface area (Å²) in [7, 11) is 3.38. The molecule has 0 spiro atoms. The highest BCUT2D eigenvalue weighted by molar-refractivity contribution is 5.77. The van der Waals surface area contributed by atoms with Gasteiger partial charge in [0.1, 0.15) is 23.7 Å². The van der Waals surface area contributed by atoms with E-state index in [-0.39, 0.29) is 36.2 Å². The van der Waals surface area contributed by atoms with Gasteiger partial charge in [0.15, 0.2) is 0 Å². The molecule has 0 saturated carbocycles. The first-order valence-corrected chi connectivity index (χ1v) is 13.8. The minimum Gasteiger partial charge on any atom is -0.496 e. The number of hydrogen-bond donors (Lipinski definition) is 0. The lowest BCUT2D eigenvalue weighted by Crippen LogP contribution is -2.55. The van der Waals surface area contributed by atoms with Gasteiger partial charge in [-0.3, -0.25) is 14.5 Å². The van der Waals surface area contributed by atoms with Crippen molar-refractivity contribution in [3.05, 3.63) is 47.5 Å². The van der Waals surface area contributed by atoms with Crippen molar-refractivity contribution in [1.29, 1.82) is 0 Å². The topological polar surface area (TPSA) is 74.3 Å². The Morgan fingerprint density at radius 1 is 0.763 bits per heavy atom. The third-order valence-electron chi connectivity index (χ3n) is 8.42. The fraction of sp³-hybridized carbons (Fsp3) is 0.548. The van der Waals surface area contributed by atoms with E-state index < -0.39 is 0 Å². The standard InChI is InChI=1S/C31H39NO6/c1-19(33)37-25-11-8-21-9-12-30(35-3)27(14-21)28-15-22(10-13-31(28)36-4)29-18-26(38-20(2)34)17-24-7-5-6-23(16-25)32(24)29/h9-10,12-15,23-26,29H,5-8,11,16-18H2,1-4H3. The molecule has 3 heterocycles. The van der Waals surface area contributed by atoms with E-state index >= 15 is 0 Å². The normalized spacial score (nSPS) is 27.0. The van der Waals surface area contributed by atoms with Gasteiger partial charge in [-0.25, -0.2) is 0 Å².